The molecular weight excluding hydrogens is 331 g/mol. The van der Waals surface area contributed by atoms with Crippen LogP contribution < -0.4 is 11.3 Å². The molecular formula is C19H21FN6. The number of anilines is 1. The first-order chi connectivity index (χ1) is 12.6. The zero-order valence-electron chi connectivity index (χ0n) is 14.6. The molecule has 1 saturated carbocycles. The maximum Gasteiger partial charge on any atom is 0.143 e. The summed E-state index contributed by atoms with van der Waals surface area (Å²) < 4.78 is 15.4. The molecule has 1 fully saturated rings. The first-order valence-corrected chi connectivity index (χ1v) is 8.74. The highest BCUT2D eigenvalue weighted by molar-refractivity contribution is 5.64. The topological polar surface area (TPSA) is 81.7 Å². The molecule has 0 saturated heterocycles. The number of aromatic nitrogens is 4. The standard InChI is InChI=1S/C19H21FN6/c1-12-17(8-16-9-18(24-21)23-11-22-16)26(10-13-2-3-13)25-19(12)14-4-6-15(20)7-5-14/h4-7,9,11,13H,2-3,8,10,21H2,1H3,(H,22,23,24). The SMILES string of the molecule is Cc1c(-c2ccc(F)cc2)nn(CC2CC2)c1Cc1cc(NN)ncn1. The van der Waals surface area contributed by atoms with Gasteiger partial charge >= 0.3 is 0 Å². The molecule has 2 heterocycles. The molecule has 3 N–H and O–H groups in total. The van der Waals surface area contributed by atoms with Gasteiger partial charge in [0.05, 0.1) is 11.4 Å². The molecule has 1 aliphatic rings. The second kappa shape index (κ2) is 6.84. The lowest BCUT2D eigenvalue weighted by Gasteiger charge is -2.08. The Kier molecular flexibility index (Phi) is 4.38. The van der Waals surface area contributed by atoms with Crippen molar-refractivity contribution in [3.8, 4) is 11.3 Å². The van der Waals surface area contributed by atoms with Crippen LogP contribution in [0, 0.1) is 18.7 Å². The largest absolute Gasteiger partial charge is 0.308 e. The maximum atomic E-state index is 13.3. The van der Waals surface area contributed by atoms with Gasteiger partial charge in [0.2, 0.25) is 0 Å². The minimum Gasteiger partial charge on any atom is -0.308 e. The third kappa shape index (κ3) is 3.43. The molecule has 6 nitrogen and oxygen atoms in total. The number of nitrogens with zero attached hydrogens (tertiary/aromatic N) is 4. The molecule has 0 radical (unpaired) electrons. The van der Waals surface area contributed by atoms with Crippen molar-refractivity contribution in [2.24, 2.45) is 11.8 Å². The Morgan fingerprint density at radius 3 is 2.69 bits per heavy atom. The normalized spacial score (nSPS) is 13.8. The summed E-state index contributed by atoms with van der Waals surface area (Å²) in [6.07, 6.45) is 4.64. The van der Waals surface area contributed by atoms with Crippen molar-refractivity contribution in [1.82, 2.24) is 19.7 Å². The molecule has 2 aromatic heterocycles. The lowest BCUT2D eigenvalue weighted by Crippen LogP contribution is -2.11. The van der Waals surface area contributed by atoms with Crippen molar-refractivity contribution in [2.45, 2.75) is 32.7 Å². The Hall–Kier alpha value is -2.80. The van der Waals surface area contributed by atoms with E-state index in [1.54, 1.807) is 12.1 Å². The van der Waals surface area contributed by atoms with Crippen LogP contribution in [-0.2, 0) is 13.0 Å². The highest BCUT2D eigenvalue weighted by Crippen LogP contribution is 2.33. The molecule has 3 aromatic rings. The molecule has 7 heteroatoms. The van der Waals surface area contributed by atoms with Gasteiger partial charge in [-0.2, -0.15) is 5.10 Å². The minimum absolute atomic E-state index is 0.244. The summed E-state index contributed by atoms with van der Waals surface area (Å²) >= 11 is 0. The maximum absolute atomic E-state index is 13.3. The molecule has 0 spiro atoms. The van der Waals surface area contributed by atoms with Crippen molar-refractivity contribution in [1.29, 1.82) is 0 Å². The van der Waals surface area contributed by atoms with Crippen molar-refractivity contribution < 1.29 is 4.39 Å². The second-order valence-corrected chi connectivity index (χ2v) is 6.77. The highest BCUT2D eigenvalue weighted by atomic mass is 19.1. The van der Waals surface area contributed by atoms with E-state index >= 15 is 0 Å². The zero-order chi connectivity index (χ0) is 18.1. The fourth-order valence-electron chi connectivity index (χ4n) is 3.13. The van der Waals surface area contributed by atoms with Crippen LogP contribution in [0.25, 0.3) is 11.3 Å². The van der Waals surface area contributed by atoms with Gasteiger partial charge in [0.1, 0.15) is 18.0 Å². The van der Waals surface area contributed by atoms with Gasteiger partial charge in [-0.05, 0) is 55.5 Å². The number of rotatable bonds is 6. The summed E-state index contributed by atoms with van der Waals surface area (Å²) in [6.45, 7) is 2.97. The minimum atomic E-state index is -0.244. The first kappa shape index (κ1) is 16.7. The average molecular weight is 352 g/mol. The van der Waals surface area contributed by atoms with E-state index < -0.39 is 0 Å². The summed E-state index contributed by atoms with van der Waals surface area (Å²) in [5, 5.41) is 4.84. The van der Waals surface area contributed by atoms with Crippen LogP contribution in [0.3, 0.4) is 0 Å². The average Bonchev–Trinajstić information content (AvgIpc) is 3.43. The van der Waals surface area contributed by atoms with Gasteiger partial charge in [0, 0.05) is 30.3 Å². The number of nitrogen functional groups attached to an aromatic ring is 1. The van der Waals surface area contributed by atoms with Crippen LogP contribution in [0.4, 0.5) is 10.2 Å². The van der Waals surface area contributed by atoms with Crippen LogP contribution >= 0.6 is 0 Å². The molecule has 0 amide bonds. The number of hydrogen-bond acceptors (Lipinski definition) is 5. The molecule has 4 rings (SSSR count). The van der Waals surface area contributed by atoms with E-state index in [1.807, 2.05) is 6.07 Å². The third-order valence-corrected chi connectivity index (χ3v) is 4.79. The van der Waals surface area contributed by atoms with Gasteiger partial charge in [-0.15, -0.1) is 0 Å². The summed E-state index contributed by atoms with van der Waals surface area (Å²) in [7, 11) is 0. The summed E-state index contributed by atoms with van der Waals surface area (Å²) in [4.78, 5) is 8.41. The first-order valence-electron chi connectivity index (χ1n) is 8.74. The van der Waals surface area contributed by atoms with E-state index in [2.05, 4.69) is 27.0 Å². The number of hydrogen-bond donors (Lipinski definition) is 2. The molecule has 134 valence electrons. The Morgan fingerprint density at radius 1 is 1.23 bits per heavy atom. The Balaban J connectivity index is 1.72. The number of benzene rings is 1. The van der Waals surface area contributed by atoms with Crippen LogP contribution in [0.1, 0.15) is 29.8 Å². The Morgan fingerprint density at radius 2 is 2.00 bits per heavy atom. The highest BCUT2D eigenvalue weighted by Gasteiger charge is 2.25. The van der Waals surface area contributed by atoms with Gasteiger partial charge < -0.3 is 5.43 Å². The molecule has 1 aliphatic carbocycles. The quantitative estimate of drug-likeness (QED) is 0.526. The number of nitrogens with one attached hydrogen (secondary N) is 1. The van der Waals surface area contributed by atoms with Crippen molar-refractivity contribution >= 4 is 5.82 Å². The van der Waals surface area contributed by atoms with E-state index in [-0.39, 0.29) is 5.82 Å². The summed E-state index contributed by atoms with van der Waals surface area (Å²) in [5.74, 6) is 6.48. The molecule has 1 aromatic carbocycles. The molecule has 0 bridgehead atoms. The molecule has 0 atom stereocenters. The lowest BCUT2D eigenvalue weighted by atomic mass is 10.0. The fourth-order valence-corrected chi connectivity index (χ4v) is 3.13. The summed E-state index contributed by atoms with van der Waals surface area (Å²) in [5.41, 5.74) is 7.46. The van der Waals surface area contributed by atoms with E-state index in [1.165, 1.54) is 31.3 Å². The van der Waals surface area contributed by atoms with Gasteiger partial charge in [-0.3, -0.25) is 4.68 Å². The molecule has 0 aliphatic heterocycles. The van der Waals surface area contributed by atoms with Gasteiger partial charge in [-0.25, -0.2) is 20.2 Å². The second-order valence-electron chi connectivity index (χ2n) is 6.77. The zero-order valence-corrected chi connectivity index (χ0v) is 14.6. The number of hydrazine groups is 1. The van der Waals surface area contributed by atoms with E-state index in [9.17, 15) is 4.39 Å². The fraction of sp³-hybridized carbons (Fsp3) is 0.316. The van der Waals surface area contributed by atoms with Crippen molar-refractivity contribution in [3.63, 3.8) is 0 Å². The number of nitrogens with two attached hydrogens (primary N) is 1. The smallest absolute Gasteiger partial charge is 0.143 e. The Labute approximate surface area is 151 Å². The van der Waals surface area contributed by atoms with Crippen LogP contribution in [0.5, 0.6) is 0 Å². The van der Waals surface area contributed by atoms with Crippen LogP contribution in [0.2, 0.25) is 0 Å². The predicted molar refractivity (Wildman–Crippen MR) is 97.7 cm³/mol. The van der Waals surface area contributed by atoms with Crippen LogP contribution in [-0.4, -0.2) is 19.7 Å². The molecule has 26 heavy (non-hydrogen) atoms. The molecule has 0 unspecified atom stereocenters. The number of halogens is 1. The van der Waals surface area contributed by atoms with Crippen molar-refractivity contribution in [3.05, 3.63) is 59.4 Å². The van der Waals surface area contributed by atoms with E-state index in [0.29, 0.717) is 18.2 Å². The van der Waals surface area contributed by atoms with Gasteiger partial charge in [-0.1, -0.05) is 0 Å². The van der Waals surface area contributed by atoms with Gasteiger partial charge in [0.25, 0.3) is 0 Å². The van der Waals surface area contributed by atoms with E-state index in [4.69, 9.17) is 10.9 Å². The third-order valence-electron chi connectivity index (χ3n) is 4.79. The van der Waals surface area contributed by atoms with Crippen LogP contribution in [0.15, 0.2) is 36.7 Å². The van der Waals surface area contributed by atoms with Gasteiger partial charge in [0.15, 0.2) is 0 Å². The van der Waals surface area contributed by atoms with Crippen molar-refractivity contribution in [2.75, 3.05) is 5.43 Å². The lowest BCUT2D eigenvalue weighted by molar-refractivity contribution is 0.544. The monoisotopic (exact) mass is 352 g/mol. The summed E-state index contributed by atoms with van der Waals surface area (Å²) in [6, 6.07) is 8.33. The predicted octanol–water partition coefficient (Wildman–Crippen LogP) is 3.07. The van der Waals surface area contributed by atoms with E-state index in [0.717, 1.165) is 34.8 Å². The Bertz CT molecular complexity index is 914.